The third kappa shape index (κ3) is 7.62. The van der Waals surface area contributed by atoms with Crippen LogP contribution in [0.5, 0.6) is 0 Å². The second kappa shape index (κ2) is 18.1. The van der Waals surface area contributed by atoms with Gasteiger partial charge >= 0.3 is 0 Å². The SMILES string of the molecule is CCCCCCC1(CCCCCC)c2ccccc2-c2ccc(-c3ccc4c(c3)C(CCCCCC)(CCCCCC)c3cc(C=O)ccc3-4)cc21. The molecule has 2 aliphatic carbocycles. The zero-order chi connectivity index (χ0) is 36.4. The minimum Gasteiger partial charge on any atom is -0.298 e. The van der Waals surface area contributed by atoms with Gasteiger partial charge in [0.1, 0.15) is 6.29 Å². The van der Waals surface area contributed by atoms with Gasteiger partial charge in [0.15, 0.2) is 0 Å². The number of hydrogen-bond donors (Lipinski definition) is 0. The topological polar surface area (TPSA) is 17.1 Å². The van der Waals surface area contributed by atoms with Crippen molar-refractivity contribution in [3.63, 3.8) is 0 Å². The first-order chi connectivity index (χ1) is 25.6. The van der Waals surface area contributed by atoms with Crippen molar-refractivity contribution in [2.75, 3.05) is 0 Å². The Morgan fingerprint density at radius 1 is 0.404 bits per heavy atom. The van der Waals surface area contributed by atoms with Crippen molar-refractivity contribution in [1.29, 1.82) is 0 Å². The molecular formula is C51H66O. The molecular weight excluding hydrogens is 629 g/mol. The van der Waals surface area contributed by atoms with Crippen LogP contribution in [0.3, 0.4) is 0 Å². The van der Waals surface area contributed by atoms with E-state index in [1.165, 1.54) is 160 Å². The largest absolute Gasteiger partial charge is 0.298 e. The molecule has 0 bridgehead atoms. The number of hydrogen-bond acceptors (Lipinski definition) is 1. The Morgan fingerprint density at radius 3 is 1.23 bits per heavy atom. The summed E-state index contributed by atoms with van der Waals surface area (Å²) in [5, 5.41) is 0. The molecule has 0 spiro atoms. The second-order valence-electron chi connectivity index (χ2n) is 16.4. The van der Waals surface area contributed by atoms with Crippen LogP contribution in [0.15, 0.2) is 78.9 Å². The number of unbranched alkanes of at least 4 members (excludes halogenated alkanes) is 12. The molecule has 0 aliphatic heterocycles. The van der Waals surface area contributed by atoms with Crippen molar-refractivity contribution in [2.45, 2.75) is 167 Å². The summed E-state index contributed by atoms with van der Waals surface area (Å²) in [7, 11) is 0. The Bertz CT molecular complexity index is 1750. The highest BCUT2D eigenvalue weighted by Gasteiger charge is 2.44. The molecule has 52 heavy (non-hydrogen) atoms. The van der Waals surface area contributed by atoms with Crippen LogP contribution in [0.1, 0.15) is 189 Å². The van der Waals surface area contributed by atoms with Gasteiger partial charge in [-0.15, -0.1) is 0 Å². The lowest BCUT2D eigenvalue weighted by Gasteiger charge is -2.34. The van der Waals surface area contributed by atoms with Gasteiger partial charge in [0.05, 0.1) is 0 Å². The van der Waals surface area contributed by atoms with Gasteiger partial charge in [-0.2, -0.15) is 0 Å². The lowest BCUT2D eigenvalue weighted by molar-refractivity contribution is 0.112. The Balaban J connectivity index is 1.46. The van der Waals surface area contributed by atoms with Crippen LogP contribution >= 0.6 is 0 Å². The smallest absolute Gasteiger partial charge is 0.150 e. The molecule has 1 heteroatoms. The van der Waals surface area contributed by atoms with Crippen molar-refractivity contribution < 1.29 is 4.79 Å². The predicted octanol–water partition coefficient (Wildman–Crippen LogP) is 15.6. The fourth-order valence-corrected chi connectivity index (χ4v) is 10.1. The maximum absolute atomic E-state index is 12.2. The van der Waals surface area contributed by atoms with Crippen LogP contribution < -0.4 is 0 Å². The fraction of sp³-hybridized carbons (Fsp3) is 0.510. The summed E-state index contributed by atoms with van der Waals surface area (Å²) < 4.78 is 0. The molecule has 0 saturated heterocycles. The first-order valence-corrected chi connectivity index (χ1v) is 21.6. The highest BCUT2D eigenvalue weighted by Crippen LogP contribution is 2.57. The Kier molecular flexibility index (Phi) is 13.3. The second-order valence-corrected chi connectivity index (χ2v) is 16.4. The lowest BCUT2D eigenvalue weighted by Crippen LogP contribution is -2.26. The monoisotopic (exact) mass is 695 g/mol. The van der Waals surface area contributed by atoms with Crippen molar-refractivity contribution in [3.8, 4) is 33.4 Å². The third-order valence-electron chi connectivity index (χ3n) is 13.0. The number of fused-ring (bicyclic) bond motifs is 6. The number of carbonyl (C=O) groups excluding carboxylic acids is 1. The molecule has 0 saturated carbocycles. The van der Waals surface area contributed by atoms with Gasteiger partial charge in [0.2, 0.25) is 0 Å². The predicted molar refractivity (Wildman–Crippen MR) is 225 cm³/mol. The number of aldehydes is 1. The van der Waals surface area contributed by atoms with Crippen molar-refractivity contribution in [3.05, 3.63) is 107 Å². The summed E-state index contributed by atoms with van der Waals surface area (Å²) in [5.41, 5.74) is 15.3. The van der Waals surface area contributed by atoms with E-state index in [-0.39, 0.29) is 10.8 Å². The van der Waals surface area contributed by atoms with Crippen LogP contribution in [0, 0.1) is 0 Å². The van der Waals surface area contributed by atoms with Gasteiger partial charge in [0.25, 0.3) is 0 Å². The van der Waals surface area contributed by atoms with Gasteiger partial charge < -0.3 is 0 Å². The molecule has 0 heterocycles. The standard InChI is InChI=1S/C51H66O/c1-5-9-13-19-31-50(32-20-14-10-6-2)46-24-18-17-23-42(46)44-29-26-40(36-48(44)50)41-27-30-45-43-28-25-39(38-52)35-47(43)51(49(45)37-41,33-21-15-11-7-3)34-22-16-12-8-4/h17-18,23-30,35-38H,5-16,19-22,31-34H2,1-4H3. The van der Waals surface area contributed by atoms with Crippen LogP contribution in [0.25, 0.3) is 33.4 Å². The minimum absolute atomic E-state index is 0.0452. The minimum atomic E-state index is -0.0452. The molecule has 6 rings (SSSR count). The van der Waals surface area contributed by atoms with Gasteiger partial charge in [-0.3, -0.25) is 4.79 Å². The molecule has 4 aromatic rings. The van der Waals surface area contributed by atoms with E-state index in [1.54, 1.807) is 11.1 Å². The Labute approximate surface area is 317 Å². The van der Waals surface area contributed by atoms with Crippen LogP contribution in [-0.2, 0) is 10.8 Å². The molecule has 0 radical (unpaired) electrons. The quantitative estimate of drug-likeness (QED) is 0.0591. The normalized spacial score (nSPS) is 14.5. The molecule has 0 unspecified atom stereocenters. The Hall–Kier alpha value is -3.45. The molecule has 276 valence electrons. The van der Waals surface area contributed by atoms with Crippen molar-refractivity contribution >= 4 is 6.29 Å². The van der Waals surface area contributed by atoms with Crippen LogP contribution in [0.2, 0.25) is 0 Å². The summed E-state index contributed by atoms with van der Waals surface area (Å²) in [5.74, 6) is 0. The first-order valence-electron chi connectivity index (χ1n) is 21.6. The molecule has 0 N–H and O–H groups in total. The van der Waals surface area contributed by atoms with Crippen molar-refractivity contribution in [1.82, 2.24) is 0 Å². The molecule has 0 aromatic heterocycles. The van der Waals surface area contributed by atoms with Crippen LogP contribution in [-0.4, -0.2) is 6.29 Å². The third-order valence-corrected chi connectivity index (χ3v) is 13.0. The summed E-state index contributed by atoms with van der Waals surface area (Å²) >= 11 is 0. The van der Waals surface area contributed by atoms with E-state index in [1.807, 2.05) is 6.07 Å². The van der Waals surface area contributed by atoms with Gasteiger partial charge in [0, 0.05) is 16.4 Å². The average Bonchev–Trinajstić information content (AvgIpc) is 3.61. The molecule has 2 aliphatic rings. The maximum atomic E-state index is 12.2. The molecule has 0 fully saturated rings. The molecule has 0 atom stereocenters. The molecule has 0 amide bonds. The number of carbonyl (C=O) groups is 1. The molecule has 1 nitrogen and oxygen atoms in total. The van der Waals surface area contributed by atoms with E-state index < -0.39 is 0 Å². The highest BCUT2D eigenvalue weighted by atomic mass is 16.1. The lowest BCUT2D eigenvalue weighted by atomic mass is 9.69. The molecule has 4 aromatic carbocycles. The highest BCUT2D eigenvalue weighted by molar-refractivity contribution is 5.88. The number of benzene rings is 4. The summed E-state index contributed by atoms with van der Waals surface area (Å²) in [6.07, 6.45) is 26.3. The zero-order valence-corrected chi connectivity index (χ0v) is 33.1. The van der Waals surface area contributed by atoms with E-state index in [9.17, 15) is 4.79 Å². The van der Waals surface area contributed by atoms with E-state index in [2.05, 4.69) is 100 Å². The maximum Gasteiger partial charge on any atom is 0.150 e. The van der Waals surface area contributed by atoms with E-state index in [0.29, 0.717) is 0 Å². The summed E-state index contributed by atoms with van der Waals surface area (Å²) in [6, 6.07) is 30.8. The average molecular weight is 695 g/mol. The van der Waals surface area contributed by atoms with E-state index in [0.717, 1.165) is 24.7 Å². The van der Waals surface area contributed by atoms with E-state index >= 15 is 0 Å². The summed E-state index contributed by atoms with van der Waals surface area (Å²) in [6.45, 7) is 9.27. The zero-order valence-electron chi connectivity index (χ0n) is 33.1. The van der Waals surface area contributed by atoms with Crippen molar-refractivity contribution in [2.24, 2.45) is 0 Å². The first kappa shape index (κ1) is 38.3. The summed E-state index contributed by atoms with van der Waals surface area (Å²) in [4.78, 5) is 12.2. The van der Waals surface area contributed by atoms with Crippen LogP contribution in [0.4, 0.5) is 0 Å². The van der Waals surface area contributed by atoms with E-state index in [4.69, 9.17) is 0 Å². The Morgan fingerprint density at radius 2 is 0.788 bits per heavy atom. The van der Waals surface area contributed by atoms with Gasteiger partial charge in [-0.05, 0) is 99.5 Å². The van der Waals surface area contributed by atoms with Gasteiger partial charge in [-0.25, -0.2) is 0 Å². The fourth-order valence-electron chi connectivity index (χ4n) is 10.1. The van der Waals surface area contributed by atoms with Gasteiger partial charge in [-0.1, -0.05) is 191 Å². The number of rotatable bonds is 22.